The molecule has 0 fully saturated rings. The van der Waals surface area contributed by atoms with E-state index in [-0.39, 0.29) is 0 Å². The van der Waals surface area contributed by atoms with Gasteiger partial charge in [0, 0.05) is 41.3 Å². The molecule has 3 heterocycles. The van der Waals surface area contributed by atoms with Crippen molar-refractivity contribution in [3.63, 3.8) is 0 Å². The summed E-state index contributed by atoms with van der Waals surface area (Å²) >= 11 is 0. The van der Waals surface area contributed by atoms with Gasteiger partial charge in [-0.3, -0.25) is 9.80 Å². The van der Waals surface area contributed by atoms with Crippen LogP contribution in [0.25, 0.3) is 5.69 Å². The molecule has 2 aliphatic rings. The molecular weight excluding hydrogens is 496 g/mol. The topological polar surface area (TPSA) is 55.9 Å². The summed E-state index contributed by atoms with van der Waals surface area (Å²) in [6, 6.07) is 17.4. The van der Waals surface area contributed by atoms with Crippen molar-refractivity contribution in [2.24, 2.45) is 0 Å². The number of nitrogen functional groups attached to an aromatic ring is 1. The average Bonchev–Trinajstić information content (AvgIpc) is 3.52. The minimum absolute atomic E-state index is 0.474. The van der Waals surface area contributed by atoms with Gasteiger partial charge in [-0.25, -0.2) is 0 Å². The lowest BCUT2D eigenvalue weighted by Crippen LogP contribution is -2.44. The fourth-order valence-corrected chi connectivity index (χ4v) is 6.10. The Balaban J connectivity index is 0.000000189. The summed E-state index contributed by atoms with van der Waals surface area (Å²) in [5.74, 6) is 2.02. The van der Waals surface area contributed by atoms with Crippen molar-refractivity contribution < 1.29 is 9.47 Å². The van der Waals surface area contributed by atoms with Crippen LogP contribution in [0.15, 0.2) is 60.9 Å². The third kappa shape index (κ3) is 7.41. The van der Waals surface area contributed by atoms with Crippen LogP contribution in [0.2, 0.25) is 0 Å². The van der Waals surface area contributed by atoms with E-state index in [1.165, 1.54) is 42.5 Å². The first kappa shape index (κ1) is 30.0. The predicted molar refractivity (Wildman–Crippen MR) is 167 cm³/mol. The summed E-state index contributed by atoms with van der Waals surface area (Å²) in [5, 5.41) is 0. The zero-order valence-electron chi connectivity index (χ0n) is 25.1. The van der Waals surface area contributed by atoms with E-state index >= 15 is 0 Å². The van der Waals surface area contributed by atoms with Crippen LogP contribution < -0.4 is 15.2 Å². The predicted octanol–water partition coefficient (Wildman–Crippen LogP) is 6.60. The largest absolute Gasteiger partial charge is 0.492 e. The number of nitrogens with zero attached hydrogens (tertiary/aromatic N) is 3. The Bertz CT molecular complexity index is 1150. The van der Waals surface area contributed by atoms with Crippen molar-refractivity contribution in [3.05, 3.63) is 72.1 Å². The molecule has 40 heavy (non-hydrogen) atoms. The van der Waals surface area contributed by atoms with Gasteiger partial charge in [0.1, 0.15) is 24.7 Å². The highest BCUT2D eigenvalue weighted by atomic mass is 16.5. The number of anilines is 1. The second-order valence-corrected chi connectivity index (χ2v) is 11.1. The van der Waals surface area contributed by atoms with E-state index in [9.17, 15) is 0 Å². The molecule has 218 valence electrons. The van der Waals surface area contributed by atoms with Gasteiger partial charge >= 0.3 is 0 Å². The Morgan fingerprint density at radius 1 is 0.675 bits per heavy atom. The monoisotopic (exact) mass is 546 g/mol. The lowest BCUT2D eigenvalue weighted by molar-refractivity contribution is 0.119. The standard InChI is InChI=1S/C19H26N2O.C15H24N2O/c1-3-10-20(11-4-2)16-14-17-18(21-12-5-6-13-21)8-7-9-19(17)22-15-16;1-3-8-17(9-4-2)12-10-13-14(16)6-5-7-15(13)18-11-12/h5-9,12-13,16H,3-4,10-11,14-15H2,1-2H3;5-7,12H,3-4,8-11,16H2,1-2H3. The van der Waals surface area contributed by atoms with Crippen molar-refractivity contribution in [1.82, 2.24) is 14.4 Å². The number of ether oxygens (including phenoxy) is 2. The van der Waals surface area contributed by atoms with Crippen molar-refractivity contribution >= 4 is 5.69 Å². The molecule has 0 aliphatic carbocycles. The molecule has 0 amide bonds. The minimum atomic E-state index is 0.474. The molecule has 6 nitrogen and oxygen atoms in total. The Morgan fingerprint density at radius 3 is 1.68 bits per heavy atom. The summed E-state index contributed by atoms with van der Waals surface area (Å²) in [5.41, 5.74) is 10.7. The van der Waals surface area contributed by atoms with Crippen LogP contribution in [0, 0.1) is 0 Å². The molecule has 2 unspecified atom stereocenters. The van der Waals surface area contributed by atoms with Crippen LogP contribution in [0.4, 0.5) is 5.69 Å². The first-order valence-electron chi connectivity index (χ1n) is 15.5. The smallest absolute Gasteiger partial charge is 0.124 e. The highest BCUT2D eigenvalue weighted by Crippen LogP contribution is 2.32. The van der Waals surface area contributed by atoms with Crippen molar-refractivity contribution in [3.8, 4) is 17.2 Å². The first-order chi connectivity index (χ1) is 19.6. The number of hydrogen-bond acceptors (Lipinski definition) is 5. The lowest BCUT2D eigenvalue weighted by Gasteiger charge is -2.35. The summed E-state index contributed by atoms with van der Waals surface area (Å²) in [6.45, 7) is 15.2. The Kier molecular flexibility index (Phi) is 11.4. The second-order valence-electron chi connectivity index (χ2n) is 11.1. The fraction of sp³-hybridized carbons (Fsp3) is 0.529. The zero-order chi connectivity index (χ0) is 28.3. The van der Waals surface area contributed by atoms with Crippen molar-refractivity contribution in [2.45, 2.75) is 78.3 Å². The Morgan fingerprint density at radius 2 is 1.15 bits per heavy atom. The third-order valence-electron chi connectivity index (χ3n) is 7.98. The number of fused-ring (bicyclic) bond motifs is 2. The molecule has 0 spiro atoms. The van der Waals surface area contributed by atoms with Crippen LogP contribution in [-0.2, 0) is 12.8 Å². The highest BCUT2D eigenvalue weighted by Gasteiger charge is 2.27. The van der Waals surface area contributed by atoms with Crippen LogP contribution >= 0.6 is 0 Å². The van der Waals surface area contributed by atoms with E-state index in [2.05, 4.69) is 84.8 Å². The lowest BCUT2D eigenvalue weighted by atomic mass is 9.99. The van der Waals surface area contributed by atoms with Gasteiger partial charge in [0.25, 0.3) is 0 Å². The summed E-state index contributed by atoms with van der Waals surface area (Å²) in [4.78, 5) is 5.13. The summed E-state index contributed by atoms with van der Waals surface area (Å²) < 4.78 is 14.2. The molecule has 2 N–H and O–H groups in total. The van der Waals surface area contributed by atoms with E-state index in [0.717, 1.165) is 69.4 Å². The van der Waals surface area contributed by atoms with Crippen LogP contribution in [0.3, 0.4) is 0 Å². The molecule has 6 heteroatoms. The Hall–Kier alpha value is -2.96. The molecule has 2 aliphatic heterocycles. The van der Waals surface area contributed by atoms with E-state index in [4.69, 9.17) is 15.2 Å². The number of hydrogen-bond donors (Lipinski definition) is 1. The molecule has 5 rings (SSSR count). The molecule has 1 aromatic heterocycles. The minimum Gasteiger partial charge on any atom is -0.492 e. The molecule has 0 saturated heterocycles. The average molecular weight is 547 g/mol. The highest BCUT2D eigenvalue weighted by molar-refractivity contribution is 5.55. The Labute approximate surface area is 242 Å². The molecular formula is C34H50N4O2. The van der Waals surface area contributed by atoms with E-state index in [1.807, 2.05) is 18.2 Å². The van der Waals surface area contributed by atoms with Gasteiger partial charge in [0.05, 0.1) is 5.69 Å². The normalized spacial score (nSPS) is 17.9. The molecule has 2 aromatic carbocycles. The van der Waals surface area contributed by atoms with Gasteiger partial charge in [-0.2, -0.15) is 0 Å². The quantitative estimate of drug-likeness (QED) is 0.275. The number of aromatic nitrogens is 1. The van der Waals surface area contributed by atoms with Gasteiger partial charge in [-0.15, -0.1) is 0 Å². The molecule has 0 radical (unpaired) electrons. The van der Waals surface area contributed by atoms with E-state index in [1.54, 1.807) is 0 Å². The van der Waals surface area contributed by atoms with Crippen LogP contribution in [0.5, 0.6) is 11.5 Å². The maximum absolute atomic E-state index is 6.09. The van der Waals surface area contributed by atoms with Crippen molar-refractivity contribution in [2.75, 3.05) is 45.1 Å². The first-order valence-corrected chi connectivity index (χ1v) is 15.5. The summed E-state index contributed by atoms with van der Waals surface area (Å²) in [6.07, 6.45) is 11.1. The number of benzene rings is 2. The van der Waals surface area contributed by atoms with Gasteiger partial charge in [0.2, 0.25) is 0 Å². The SMILES string of the molecule is CCCN(CCC)C1COc2cccc(-n3cccc3)c2C1.CCCN(CCC)C1COc2cccc(N)c2C1. The molecule has 3 aromatic rings. The van der Waals surface area contributed by atoms with Crippen molar-refractivity contribution in [1.29, 1.82) is 0 Å². The molecule has 2 atom stereocenters. The van der Waals surface area contributed by atoms with E-state index < -0.39 is 0 Å². The van der Waals surface area contributed by atoms with Gasteiger partial charge in [0.15, 0.2) is 0 Å². The van der Waals surface area contributed by atoms with Crippen LogP contribution in [0.1, 0.15) is 64.5 Å². The molecule has 0 saturated carbocycles. The van der Waals surface area contributed by atoms with Gasteiger partial charge in [-0.1, -0.05) is 39.8 Å². The fourth-order valence-electron chi connectivity index (χ4n) is 6.10. The van der Waals surface area contributed by atoms with Gasteiger partial charge < -0.3 is 19.8 Å². The second kappa shape index (κ2) is 15.2. The maximum atomic E-state index is 6.09. The third-order valence-corrected chi connectivity index (χ3v) is 7.98. The van der Waals surface area contributed by atoms with Gasteiger partial charge in [-0.05, 0) is 101 Å². The number of rotatable bonds is 11. The molecule has 0 bridgehead atoms. The maximum Gasteiger partial charge on any atom is 0.124 e. The zero-order valence-corrected chi connectivity index (χ0v) is 25.1. The summed E-state index contributed by atoms with van der Waals surface area (Å²) in [7, 11) is 0. The van der Waals surface area contributed by atoms with E-state index in [0.29, 0.717) is 12.1 Å². The van der Waals surface area contributed by atoms with Crippen LogP contribution in [-0.4, -0.2) is 65.8 Å². The number of nitrogens with two attached hydrogens (primary N) is 1.